The van der Waals surface area contributed by atoms with Gasteiger partial charge in [0.2, 0.25) is 0 Å². The summed E-state index contributed by atoms with van der Waals surface area (Å²) in [5.41, 5.74) is 1.92. The van der Waals surface area contributed by atoms with Crippen molar-refractivity contribution in [2.45, 2.75) is 32.8 Å². The Labute approximate surface area is 153 Å². The van der Waals surface area contributed by atoms with Crippen molar-refractivity contribution in [3.63, 3.8) is 0 Å². The molecule has 0 amide bonds. The Balaban J connectivity index is 2.03. The van der Waals surface area contributed by atoms with E-state index in [1.807, 2.05) is 48.5 Å². The number of benzene rings is 2. The van der Waals surface area contributed by atoms with Crippen molar-refractivity contribution in [2.75, 3.05) is 13.7 Å². The number of hydrogen-bond acceptors (Lipinski definition) is 5. The van der Waals surface area contributed by atoms with E-state index < -0.39 is 5.97 Å². The van der Waals surface area contributed by atoms with Crippen LogP contribution in [0, 0.1) is 0 Å². The average Bonchev–Trinajstić information content (AvgIpc) is 2.65. The summed E-state index contributed by atoms with van der Waals surface area (Å²) < 4.78 is 16.2. The highest BCUT2D eigenvalue weighted by Crippen LogP contribution is 2.32. The number of hydrogen-bond donors (Lipinski definition) is 0. The molecule has 0 aliphatic carbocycles. The molecule has 2 rings (SSSR count). The van der Waals surface area contributed by atoms with Crippen molar-refractivity contribution in [3.8, 4) is 11.5 Å². The van der Waals surface area contributed by atoms with E-state index in [9.17, 15) is 9.59 Å². The molecule has 0 N–H and O–H groups in total. The second kappa shape index (κ2) is 10.2. The van der Waals surface area contributed by atoms with Gasteiger partial charge in [-0.25, -0.2) is 0 Å². The van der Waals surface area contributed by atoms with E-state index in [0.717, 1.165) is 11.1 Å². The topological polar surface area (TPSA) is 61.8 Å². The normalized spacial score (nSPS) is 10.2. The fourth-order valence-corrected chi connectivity index (χ4v) is 2.55. The van der Waals surface area contributed by atoms with Gasteiger partial charge in [0.25, 0.3) is 0 Å². The Morgan fingerprint density at radius 3 is 2.46 bits per heavy atom. The lowest BCUT2D eigenvalue weighted by Crippen LogP contribution is -2.12. The molecule has 2 aromatic rings. The van der Waals surface area contributed by atoms with Gasteiger partial charge in [-0.05, 0) is 30.5 Å². The third-order valence-electron chi connectivity index (χ3n) is 3.83. The molecular weight excluding hydrogens is 332 g/mol. The number of carbonyl (C=O) groups is 2. The molecule has 0 saturated carbocycles. The first-order valence-corrected chi connectivity index (χ1v) is 8.64. The van der Waals surface area contributed by atoms with Gasteiger partial charge in [0.1, 0.15) is 18.8 Å². The summed E-state index contributed by atoms with van der Waals surface area (Å²) in [4.78, 5) is 23.4. The molecule has 0 aliphatic heterocycles. The largest absolute Gasteiger partial charge is 0.493 e. The minimum atomic E-state index is -0.483. The molecule has 0 fully saturated rings. The molecular formula is C21H24O5. The predicted octanol–water partition coefficient (Wildman–Crippen LogP) is 3.73. The maximum atomic E-state index is 12.0. The average molecular weight is 356 g/mol. The lowest BCUT2D eigenvalue weighted by atomic mass is 10.0. The monoisotopic (exact) mass is 356 g/mol. The number of carbonyl (C=O) groups excluding carboxylic acids is 2. The smallest absolute Gasteiger partial charge is 0.313 e. The zero-order chi connectivity index (χ0) is 18.8. The highest BCUT2D eigenvalue weighted by Gasteiger charge is 2.15. The second-order valence-corrected chi connectivity index (χ2v) is 5.74. The summed E-state index contributed by atoms with van der Waals surface area (Å²) in [6.07, 6.45) is 0.519. The molecule has 0 spiro atoms. The molecule has 26 heavy (non-hydrogen) atoms. The molecule has 0 aromatic heterocycles. The number of esters is 1. The van der Waals surface area contributed by atoms with Crippen LogP contribution in [0.1, 0.15) is 30.9 Å². The number of para-hydroxylation sites is 1. The van der Waals surface area contributed by atoms with Crippen LogP contribution in [-0.4, -0.2) is 25.5 Å². The van der Waals surface area contributed by atoms with Crippen molar-refractivity contribution in [2.24, 2.45) is 0 Å². The lowest BCUT2D eigenvalue weighted by Gasteiger charge is -2.15. The Morgan fingerprint density at radius 1 is 1.00 bits per heavy atom. The van der Waals surface area contributed by atoms with Gasteiger partial charge < -0.3 is 14.2 Å². The van der Waals surface area contributed by atoms with Gasteiger partial charge in [0.15, 0.2) is 11.5 Å². The van der Waals surface area contributed by atoms with Gasteiger partial charge in [0, 0.05) is 6.42 Å². The maximum absolute atomic E-state index is 12.0. The third kappa shape index (κ3) is 5.92. The van der Waals surface area contributed by atoms with Gasteiger partial charge >= 0.3 is 5.97 Å². The number of methoxy groups -OCH3 is 1. The number of Topliss-reactive ketones (excluding diaryl/α,β-unsaturated/α-hetero) is 1. The van der Waals surface area contributed by atoms with Gasteiger partial charge in [-0.3, -0.25) is 9.59 Å². The van der Waals surface area contributed by atoms with E-state index >= 15 is 0 Å². The van der Waals surface area contributed by atoms with Crippen LogP contribution < -0.4 is 9.47 Å². The second-order valence-electron chi connectivity index (χ2n) is 5.74. The highest BCUT2D eigenvalue weighted by atomic mass is 16.5. The molecule has 138 valence electrons. The van der Waals surface area contributed by atoms with Crippen LogP contribution in [0.25, 0.3) is 0 Å². The number of ketones is 1. The fourth-order valence-electron chi connectivity index (χ4n) is 2.55. The van der Waals surface area contributed by atoms with E-state index in [1.165, 1.54) is 0 Å². The van der Waals surface area contributed by atoms with Crippen molar-refractivity contribution in [1.29, 1.82) is 0 Å². The molecule has 5 heteroatoms. The summed E-state index contributed by atoms with van der Waals surface area (Å²) in [7, 11) is 1.58. The molecule has 0 unspecified atom stereocenters. The first kappa shape index (κ1) is 19.5. The van der Waals surface area contributed by atoms with Crippen molar-refractivity contribution < 1.29 is 23.8 Å². The molecule has 5 nitrogen and oxygen atoms in total. The molecule has 0 atom stereocenters. The minimum absolute atomic E-state index is 0.153. The van der Waals surface area contributed by atoms with Gasteiger partial charge in [-0.15, -0.1) is 0 Å². The number of rotatable bonds is 10. The summed E-state index contributed by atoms with van der Waals surface area (Å²) in [5.74, 6) is 0.614. The Kier molecular flexibility index (Phi) is 7.68. The third-order valence-corrected chi connectivity index (χ3v) is 3.83. The summed E-state index contributed by atoms with van der Waals surface area (Å²) in [6.45, 7) is 2.40. The molecule has 0 aliphatic rings. The Morgan fingerprint density at radius 2 is 1.77 bits per heavy atom. The SMILES string of the molecule is CCOC(=O)CC(=O)CCc1cccc(OC)c1OCc1ccccc1. The van der Waals surface area contributed by atoms with E-state index in [4.69, 9.17) is 14.2 Å². The summed E-state index contributed by atoms with van der Waals surface area (Å²) in [6, 6.07) is 15.4. The molecule has 0 radical (unpaired) electrons. The summed E-state index contributed by atoms with van der Waals surface area (Å²) >= 11 is 0. The zero-order valence-electron chi connectivity index (χ0n) is 15.2. The van der Waals surface area contributed by atoms with Crippen LogP contribution in [0.2, 0.25) is 0 Å². The minimum Gasteiger partial charge on any atom is -0.493 e. The van der Waals surface area contributed by atoms with Crippen LogP contribution in [0.3, 0.4) is 0 Å². The van der Waals surface area contributed by atoms with E-state index in [0.29, 0.717) is 24.5 Å². The molecule has 0 saturated heterocycles. The Hall–Kier alpha value is -2.82. The maximum Gasteiger partial charge on any atom is 0.313 e. The molecule has 0 bridgehead atoms. The Bertz CT molecular complexity index is 724. The van der Waals surface area contributed by atoms with Crippen LogP contribution >= 0.6 is 0 Å². The van der Waals surface area contributed by atoms with E-state index in [-0.39, 0.29) is 25.2 Å². The van der Waals surface area contributed by atoms with Gasteiger partial charge in [-0.1, -0.05) is 42.5 Å². The van der Waals surface area contributed by atoms with Crippen molar-refractivity contribution in [3.05, 3.63) is 59.7 Å². The molecule has 0 heterocycles. The zero-order valence-corrected chi connectivity index (χ0v) is 15.2. The molecule has 2 aromatic carbocycles. The lowest BCUT2D eigenvalue weighted by molar-refractivity contribution is -0.145. The first-order chi connectivity index (χ1) is 12.6. The fraction of sp³-hybridized carbons (Fsp3) is 0.333. The van der Waals surface area contributed by atoms with Gasteiger partial charge in [-0.2, -0.15) is 0 Å². The highest BCUT2D eigenvalue weighted by molar-refractivity contribution is 5.95. The van der Waals surface area contributed by atoms with Crippen LogP contribution in [0.15, 0.2) is 48.5 Å². The van der Waals surface area contributed by atoms with Crippen molar-refractivity contribution in [1.82, 2.24) is 0 Å². The van der Waals surface area contributed by atoms with Crippen LogP contribution in [0.4, 0.5) is 0 Å². The first-order valence-electron chi connectivity index (χ1n) is 8.64. The standard InChI is InChI=1S/C21H24O5/c1-3-25-20(23)14-18(22)13-12-17-10-7-11-19(24-2)21(17)26-15-16-8-5-4-6-9-16/h4-11H,3,12-15H2,1-2H3. The van der Waals surface area contributed by atoms with Gasteiger partial charge in [0.05, 0.1) is 13.7 Å². The van der Waals surface area contributed by atoms with Crippen LogP contribution in [0.5, 0.6) is 11.5 Å². The van der Waals surface area contributed by atoms with Crippen molar-refractivity contribution >= 4 is 11.8 Å². The van der Waals surface area contributed by atoms with Crippen LogP contribution in [-0.2, 0) is 27.4 Å². The number of ether oxygens (including phenoxy) is 3. The van der Waals surface area contributed by atoms with E-state index in [1.54, 1.807) is 14.0 Å². The predicted molar refractivity (Wildman–Crippen MR) is 98.3 cm³/mol. The quantitative estimate of drug-likeness (QED) is 0.479. The van der Waals surface area contributed by atoms with E-state index in [2.05, 4.69) is 0 Å². The number of aryl methyl sites for hydroxylation is 1. The summed E-state index contributed by atoms with van der Waals surface area (Å²) in [5, 5.41) is 0.